The summed E-state index contributed by atoms with van der Waals surface area (Å²) in [7, 11) is 0. The summed E-state index contributed by atoms with van der Waals surface area (Å²) < 4.78 is 1.85. The normalized spacial score (nSPS) is 15.9. The van der Waals surface area contributed by atoms with Gasteiger partial charge >= 0.3 is 0 Å². The Labute approximate surface area is 234 Å². The molecule has 1 N–H and O–H groups in total. The number of carbonyl (C=O) groups excluding carboxylic acids is 2. The van der Waals surface area contributed by atoms with Gasteiger partial charge in [-0.1, -0.05) is 84.8 Å². The van der Waals surface area contributed by atoms with Crippen molar-refractivity contribution in [3.05, 3.63) is 101 Å². The molecule has 3 aromatic carbocycles. The van der Waals surface area contributed by atoms with Crippen molar-refractivity contribution in [2.24, 2.45) is 0 Å². The molecule has 0 saturated carbocycles. The number of hydrogen-bond donors (Lipinski definition) is 1. The molecular weight excluding hydrogens is 504 g/mol. The highest BCUT2D eigenvalue weighted by Gasteiger charge is 2.37. The van der Waals surface area contributed by atoms with Crippen LogP contribution in [-0.4, -0.2) is 39.9 Å². The molecule has 6 nitrogen and oxygen atoms in total. The number of hydrogen-bond acceptors (Lipinski definition) is 4. The Kier molecular flexibility index (Phi) is 7.89. The molecular formula is C32H34N4O2S. The molecule has 2 atom stereocenters. The SMILES string of the molecule is CCC(C)NC(=O)CN1C(=O)CSC(c2cccc(C)c2)c2c(-c3ccccc3)nn(-c3ccc(C)cc3)c21. The molecule has 0 bridgehead atoms. The van der Waals surface area contributed by atoms with Gasteiger partial charge in [0.25, 0.3) is 0 Å². The lowest BCUT2D eigenvalue weighted by atomic mass is 9.98. The van der Waals surface area contributed by atoms with Gasteiger partial charge in [-0.05, 0) is 44.9 Å². The number of aromatic nitrogens is 2. The summed E-state index contributed by atoms with van der Waals surface area (Å²) in [6.07, 6.45) is 0.815. The molecule has 2 heterocycles. The first-order chi connectivity index (χ1) is 18.9. The number of amides is 2. The van der Waals surface area contributed by atoms with Gasteiger partial charge in [-0.15, -0.1) is 11.8 Å². The van der Waals surface area contributed by atoms with Crippen LogP contribution in [0.2, 0.25) is 0 Å². The van der Waals surface area contributed by atoms with Gasteiger partial charge in [0.15, 0.2) is 0 Å². The van der Waals surface area contributed by atoms with Crippen LogP contribution < -0.4 is 10.2 Å². The summed E-state index contributed by atoms with van der Waals surface area (Å²) >= 11 is 1.59. The Balaban J connectivity index is 1.77. The van der Waals surface area contributed by atoms with E-state index < -0.39 is 0 Å². The van der Waals surface area contributed by atoms with Crippen LogP contribution >= 0.6 is 11.8 Å². The van der Waals surface area contributed by atoms with Crippen molar-refractivity contribution in [2.45, 2.75) is 45.4 Å². The number of aryl methyl sites for hydroxylation is 2. The summed E-state index contributed by atoms with van der Waals surface area (Å²) in [5, 5.41) is 8.05. The number of benzene rings is 3. The molecule has 39 heavy (non-hydrogen) atoms. The highest BCUT2D eigenvalue weighted by atomic mass is 32.2. The maximum atomic E-state index is 13.8. The highest BCUT2D eigenvalue weighted by molar-refractivity contribution is 8.00. The lowest BCUT2D eigenvalue weighted by Gasteiger charge is -2.24. The Morgan fingerprint density at radius 3 is 2.46 bits per heavy atom. The van der Waals surface area contributed by atoms with Crippen LogP contribution in [0.25, 0.3) is 16.9 Å². The van der Waals surface area contributed by atoms with Crippen molar-refractivity contribution in [3.8, 4) is 16.9 Å². The minimum absolute atomic E-state index is 0.0235. The minimum Gasteiger partial charge on any atom is -0.352 e. The molecule has 1 aromatic heterocycles. The smallest absolute Gasteiger partial charge is 0.240 e. The van der Waals surface area contributed by atoms with Gasteiger partial charge in [0.2, 0.25) is 11.8 Å². The zero-order valence-electron chi connectivity index (χ0n) is 22.8. The molecule has 0 radical (unpaired) electrons. The van der Waals surface area contributed by atoms with Crippen molar-refractivity contribution in [3.63, 3.8) is 0 Å². The van der Waals surface area contributed by atoms with Crippen LogP contribution in [0.3, 0.4) is 0 Å². The van der Waals surface area contributed by atoms with Crippen LogP contribution in [0.4, 0.5) is 5.82 Å². The maximum Gasteiger partial charge on any atom is 0.240 e. The van der Waals surface area contributed by atoms with Crippen LogP contribution in [0.1, 0.15) is 47.8 Å². The van der Waals surface area contributed by atoms with E-state index in [1.807, 2.05) is 80.1 Å². The van der Waals surface area contributed by atoms with E-state index in [0.717, 1.165) is 45.6 Å². The fourth-order valence-electron chi connectivity index (χ4n) is 4.86. The minimum atomic E-state index is -0.180. The second-order valence-corrected chi connectivity index (χ2v) is 11.3. The third-order valence-corrected chi connectivity index (χ3v) is 8.34. The molecule has 7 heteroatoms. The molecule has 0 spiro atoms. The first kappa shape index (κ1) is 26.8. The average molecular weight is 539 g/mol. The first-order valence-electron chi connectivity index (χ1n) is 13.4. The Morgan fingerprint density at radius 1 is 1.03 bits per heavy atom. The average Bonchev–Trinajstić information content (AvgIpc) is 3.26. The van der Waals surface area contributed by atoms with Crippen molar-refractivity contribution >= 4 is 29.4 Å². The zero-order valence-corrected chi connectivity index (χ0v) is 23.7. The highest BCUT2D eigenvalue weighted by Crippen LogP contribution is 2.48. The summed E-state index contributed by atoms with van der Waals surface area (Å²) in [5.41, 5.74) is 6.97. The number of nitrogens with one attached hydrogen (secondary N) is 1. The maximum absolute atomic E-state index is 13.8. The van der Waals surface area contributed by atoms with Crippen LogP contribution in [0, 0.1) is 13.8 Å². The first-order valence-corrected chi connectivity index (χ1v) is 14.4. The lowest BCUT2D eigenvalue weighted by molar-refractivity contribution is -0.123. The van der Waals surface area contributed by atoms with Crippen molar-refractivity contribution < 1.29 is 9.59 Å². The van der Waals surface area contributed by atoms with E-state index in [-0.39, 0.29) is 35.4 Å². The molecule has 5 rings (SSSR count). The summed E-state index contributed by atoms with van der Waals surface area (Å²) in [5.74, 6) is 0.620. The molecule has 4 aromatic rings. The number of rotatable bonds is 7. The molecule has 1 aliphatic heterocycles. The van der Waals surface area contributed by atoms with E-state index in [1.54, 1.807) is 16.7 Å². The molecule has 0 saturated heterocycles. The summed E-state index contributed by atoms with van der Waals surface area (Å²) in [6, 6.07) is 26.6. The molecule has 2 amide bonds. The van der Waals surface area contributed by atoms with Crippen molar-refractivity contribution in [1.82, 2.24) is 15.1 Å². The van der Waals surface area contributed by atoms with Gasteiger partial charge in [0, 0.05) is 17.2 Å². The summed E-state index contributed by atoms with van der Waals surface area (Å²) in [6.45, 7) is 8.06. The number of thioether (sulfide) groups is 1. The molecule has 0 fully saturated rings. The molecule has 200 valence electrons. The third kappa shape index (κ3) is 5.64. The van der Waals surface area contributed by atoms with E-state index in [4.69, 9.17) is 5.10 Å². The van der Waals surface area contributed by atoms with Gasteiger partial charge < -0.3 is 5.32 Å². The number of carbonyl (C=O) groups is 2. The molecule has 0 aliphatic carbocycles. The van der Waals surface area contributed by atoms with Gasteiger partial charge in [0.1, 0.15) is 12.4 Å². The predicted octanol–water partition coefficient (Wildman–Crippen LogP) is 6.24. The number of fused-ring (bicyclic) bond motifs is 1. The Morgan fingerprint density at radius 2 is 1.77 bits per heavy atom. The standard InChI is InChI=1S/C32H34N4O2S/c1-5-23(4)33-27(37)19-35-28(38)20-39-31(25-13-9-10-22(3)18-25)29-30(24-11-7-6-8-12-24)34-36(32(29)35)26-16-14-21(2)15-17-26/h6-18,23,31H,5,19-20H2,1-4H3,(H,33,37). The van der Waals surface area contributed by atoms with Crippen molar-refractivity contribution in [1.29, 1.82) is 0 Å². The van der Waals surface area contributed by atoms with Gasteiger partial charge in [-0.25, -0.2) is 4.68 Å². The van der Waals surface area contributed by atoms with Crippen LogP contribution in [-0.2, 0) is 9.59 Å². The predicted molar refractivity (Wildman–Crippen MR) is 159 cm³/mol. The topological polar surface area (TPSA) is 67.2 Å². The van der Waals surface area contributed by atoms with E-state index in [9.17, 15) is 9.59 Å². The van der Waals surface area contributed by atoms with Gasteiger partial charge in [-0.2, -0.15) is 5.10 Å². The molecule has 1 aliphatic rings. The van der Waals surface area contributed by atoms with E-state index in [0.29, 0.717) is 5.82 Å². The number of nitrogens with zero attached hydrogens (tertiary/aromatic N) is 3. The Hall–Kier alpha value is -3.84. The van der Waals surface area contributed by atoms with Gasteiger partial charge in [-0.3, -0.25) is 14.5 Å². The monoisotopic (exact) mass is 538 g/mol. The largest absolute Gasteiger partial charge is 0.352 e. The Bertz CT molecular complexity index is 1480. The zero-order chi connectivity index (χ0) is 27.5. The van der Waals surface area contributed by atoms with Crippen LogP contribution in [0.5, 0.6) is 0 Å². The van der Waals surface area contributed by atoms with Crippen LogP contribution in [0.15, 0.2) is 78.9 Å². The lowest BCUT2D eigenvalue weighted by Crippen LogP contribution is -2.44. The van der Waals surface area contributed by atoms with E-state index >= 15 is 0 Å². The van der Waals surface area contributed by atoms with Gasteiger partial charge in [0.05, 0.1) is 22.4 Å². The number of anilines is 1. The summed E-state index contributed by atoms with van der Waals surface area (Å²) in [4.78, 5) is 28.6. The second kappa shape index (κ2) is 11.5. The third-order valence-electron chi connectivity index (χ3n) is 7.08. The van der Waals surface area contributed by atoms with E-state index in [2.05, 4.69) is 36.5 Å². The molecule has 2 unspecified atom stereocenters. The quantitative estimate of drug-likeness (QED) is 0.302. The van der Waals surface area contributed by atoms with Crippen molar-refractivity contribution in [2.75, 3.05) is 17.2 Å². The second-order valence-electron chi connectivity index (χ2n) is 10.2. The van der Waals surface area contributed by atoms with E-state index in [1.165, 1.54) is 0 Å². The fourth-order valence-corrected chi connectivity index (χ4v) is 6.04. The fraction of sp³-hybridized carbons (Fsp3) is 0.281.